The fourth-order valence-corrected chi connectivity index (χ4v) is 1.86. The van der Waals surface area contributed by atoms with Crippen LogP contribution in [0.25, 0.3) is 0 Å². The van der Waals surface area contributed by atoms with Gasteiger partial charge in [0, 0.05) is 0 Å². The highest BCUT2D eigenvalue weighted by molar-refractivity contribution is 5.97. The monoisotopic (exact) mass is 254 g/mol. The van der Waals surface area contributed by atoms with Gasteiger partial charge in [-0.25, -0.2) is 0 Å². The molecule has 0 aliphatic heterocycles. The lowest BCUT2D eigenvalue weighted by molar-refractivity contribution is 0.481. The topological polar surface area (TPSA) is 59.1 Å². The molecule has 3 N–H and O–H groups in total. The lowest BCUT2D eigenvalue weighted by Gasteiger charge is -2.11. The van der Waals surface area contributed by atoms with Crippen molar-refractivity contribution in [2.75, 3.05) is 0 Å². The highest BCUT2D eigenvalue weighted by Crippen LogP contribution is 2.26. The molecule has 2 aromatic carbocycles. The molecule has 2 rings (SSSR count). The number of aryl methyl sites for hydroxylation is 2. The first-order valence-electron chi connectivity index (χ1n) is 6.32. The molecule has 0 fully saturated rings. The average Bonchev–Trinajstić information content (AvgIpc) is 2.41. The predicted molar refractivity (Wildman–Crippen MR) is 78.1 cm³/mol. The molecule has 0 aliphatic carbocycles. The summed E-state index contributed by atoms with van der Waals surface area (Å²) in [5.41, 5.74) is 8.53. The van der Waals surface area contributed by atoms with Crippen LogP contribution in [0.15, 0.2) is 42.5 Å². The SMILES string of the molecule is CCc1ccc(Oc2ccc(C)cc2C(=N)N)cc1. The number of nitrogens with one attached hydrogen (secondary N) is 1. The minimum atomic E-state index is 0.0175. The van der Waals surface area contributed by atoms with Crippen LogP contribution >= 0.6 is 0 Å². The summed E-state index contributed by atoms with van der Waals surface area (Å²) in [6.45, 7) is 4.08. The third-order valence-electron chi connectivity index (χ3n) is 2.98. The van der Waals surface area contributed by atoms with Gasteiger partial charge in [0.15, 0.2) is 0 Å². The zero-order valence-corrected chi connectivity index (χ0v) is 11.2. The lowest BCUT2D eigenvalue weighted by Crippen LogP contribution is -2.12. The summed E-state index contributed by atoms with van der Waals surface area (Å²) >= 11 is 0. The Morgan fingerprint density at radius 1 is 1.16 bits per heavy atom. The number of nitrogens with two attached hydrogens (primary N) is 1. The molecular formula is C16H18N2O. The molecule has 0 amide bonds. The molecule has 0 aromatic heterocycles. The second-order valence-electron chi connectivity index (χ2n) is 4.51. The first-order valence-corrected chi connectivity index (χ1v) is 6.32. The predicted octanol–water partition coefficient (Wildman–Crippen LogP) is 3.63. The van der Waals surface area contributed by atoms with E-state index in [2.05, 4.69) is 6.92 Å². The van der Waals surface area contributed by atoms with Crippen molar-refractivity contribution in [2.45, 2.75) is 20.3 Å². The Hall–Kier alpha value is -2.29. The summed E-state index contributed by atoms with van der Waals surface area (Å²) in [5.74, 6) is 1.38. The van der Waals surface area contributed by atoms with Gasteiger partial charge < -0.3 is 10.5 Å². The Balaban J connectivity index is 2.29. The molecule has 0 radical (unpaired) electrons. The summed E-state index contributed by atoms with van der Waals surface area (Å²) in [6, 6.07) is 13.6. The Morgan fingerprint density at radius 3 is 2.42 bits per heavy atom. The van der Waals surface area contributed by atoms with Crippen molar-refractivity contribution in [1.29, 1.82) is 5.41 Å². The summed E-state index contributed by atoms with van der Waals surface area (Å²) in [6.07, 6.45) is 1.00. The molecule has 98 valence electrons. The fraction of sp³-hybridized carbons (Fsp3) is 0.188. The normalized spacial score (nSPS) is 10.2. The van der Waals surface area contributed by atoms with E-state index >= 15 is 0 Å². The van der Waals surface area contributed by atoms with Gasteiger partial charge in [0.05, 0.1) is 5.56 Å². The van der Waals surface area contributed by atoms with E-state index in [-0.39, 0.29) is 5.84 Å². The second kappa shape index (κ2) is 5.57. The number of hydrogen-bond donors (Lipinski definition) is 2. The maximum atomic E-state index is 7.60. The molecule has 0 spiro atoms. The first-order chi connectivity index (χ1) is 9.10. The largest absolute Gasteiger partial charge is 0.457 e. The Morgan fingerprint density at radius 2 is 1.84 bits per heavy atom. The van der Waals surface area contributed by atoms with Crippen LogP contribution in [0.1, 0.15) is 23.6 Å². The van der Waals surface area contributed by atoms with Crippen molar-refractivity contribution in [3.63, 3.8) is 0 Å². The minimum Gasteiger partial charge on any atom is -0.457 e. The van der Waals surface area contributed by atoms with Crippen LogP contribution in [0, 0.1) is 12.3 Å². The molecule has 0 heterocycles. The summed E-state index contributed by atoms with van der Waals surface area (Å²) in [4.78, 5) is 0. The quantitative estimate of drug-likeness (QED) is 0.646. The summed E-state index contributed by atoms with van der Waals surface area (Å²) in [5, 5.41) is 7.60. The van der Waals surface area contributed by atoms with Gasteiger partial charge in [0.1, 0.15) is 17.3 Å². The average molecular weight is 254 g/mol. The number of amidine groups is 1. The molecule has 19 heavy (non-hydrogen) atoms. The van der Waals surface area contributed by atoms with Gasteiger partial charge in [-0.3, -0.25) is 5.41 Å². The van der Waals surface area contributed by atoms with Crippen LogP contribution in [0.3, 0.4) is 0 Å². The van der Waals surface area contributed by atoms with Gasteiger partial charge in [-0.1, -0.05) is 30.7 Å². The number of ether oxygens (including phenoxy) is 1. The van der Waals surface area contributed by atoms with Crippen molar-refractivity contribution in [3.05, 3.63) is 59.2 Å². The Bertz CT molecular complexity index is 588. The van der Waals surface area contributed by atoms with Crippen molar-refractivity contribution >= 4 is 5.84 Å². The number of benzene rings is 2. The molecule has 0 atom stereocenters. The van der Waals surface area contributed by atoms with Crippen LogP contribution in [0.4, 0.5) is 0 Å². The van der Waals surface area contributed by atoms with E-state index in [9.17, 15) is 0 Å². The number of hydrogen-bond acceptors (Lipinski definition) is 2. The molecule has 3 heteroatoms. The van der Waals surface area contributed by atoms with E-state index in [1.807, 2.05) is 49.4 Å². The van der Waals surface area contributed by atoms with Crippen molar-refractivity contribution in [3.8, 4) is 11.5 Å². The van der Waals surface area contributed by atoms with Crippen molar-refractivity contribution < 1.29 is 4.74 Å². The summed E-state index contributed by atoms with van der Waals surface area (Å²) < 4.78 is 5.80. The molecular weight excluding hydrogens is 236 g/mol. The summed E-state index contributed by atoms with van der Waals surface area (Å²) in [7, 11) is 0. The van der Waals surface area contributed by atoms with Gasteiger partial charge in [-0.2, -0.15) is 0 Å². The van der Waals surface area contributed by atoms with Gasteiger partial charge in [0.2, 0.25) is 0 Å². The molecule has 0 saturated carbocycles. The Labute approximate surface area is 113 Å². The number of nitrogen functional groups attached to an aromatic ring is 1. The van der Waals surface area contributed by atoms with Crippen LogP contribution in [-0.2, 0) is 6.42 Å². The van der Waals surface area contributed by atoms with E-state index in [1.165, 1.54) is 5.56 Å². The third kappa shape index (κ3) is 3.13. The van der Waals surface area contributed by atoms with Crippen LogP contribution < -0.4 is 10.5 Å². The number of rotatable bonds is 4. The molecule has 3 nitrogen and oxygen atoms in total. The van der Waals surface area contributed by atoms with E-state index < -0.39 is 0 Å². The van der Waals surface area contributed by atoms with Crippen molar-refractivity contribution in [1.82, 2.24) is 0 Å². The fourth-order valence-electron chi connectivity index (χ4n) is 1.86. The first kappa shape index (κ1) is 13.1. The maximum Gasteiger partial charge on any atom is 0.138 e. The Kier molecular flexibility index (Phi) is 3.85. The zero-order chi connectivity index (χ0) is 13.8. The van der Waals surface area contributed by atoms with Crippen LogP contribution in [0.5, 0.6) is 11.5 Å². The molecule has 2 aromatic rings. The van der Waals surface area contributed by atoms with E-state index in [4.69, 9.17) is 15.9 Å². The lowest BCUT2D eigenvalue weighted by atomic mass is 10.1. The highest BCUT2D eigenvalue weighted by atomic mass is 16.5. The molecule has 0 aliphatic rings. The highest BCUT2D eigenvalue weighted by Gasteiger charge is 2.08. The van der Waals surface area contributed by atoms with Crippen LogP contribution in [0.2, 0.25) is 0 Å². The van der Waals surface area contributed by atoms with Gasteiger partial charge >= 0.3 is 0 Å². The molecule has 0 bridgehead atoms. The standard InChI is InChI=1S/C16H18N2O/c1-3-12-5-7-13(8-6-12)19-15-9-4-11(2)10-14(15)16(17)18/h4-10H,3H2,1-2H3,(H3,17,18). The zero-order valence-electron chi connectivity index (χ0n) is 11.2. The van der Waals surface area contributed by atoms with E-state index in [0.717, 1.165) is 17.7 Å². The van der Waals surface area contributed by atoms with Gasteiger partial charge in [-0.15, -0.1) is 0 Å². The van der Waals surface area contributed by atoms with E-state index in [0.29, 0.717) is 11.3 Å². The van der Waals surface area contributed by atoms with Crippen molar-refractivity contribution in [2.24, 2.45) is 5.73 Å². The maximum absolute atomic E-state index is 7.60. The van der Waals surface area contributed by atoms with Crippen LogP contribution in [-0.4, -0.2) is 5.84 Å². The minimum absolute atomic E-state index is 0.0175. The van der Waals surface area contributed by atoms with Gasteiger partial charge in [0.25, 0.3) is 0 Å². The van der Waals surface area contributed by atoms with E-state index in [1.54, 1.807) is 0 Å². The second-order valence-corrected chi connectivity index (χ2v) is 4.51. The smallest absolute Gasteiger partial charge is 0.138 e. The van der Waals surface area contributed by atoms with Gasteiger partial charge in [-0.05, 0) is 43.2 Å². The molecule has 0 saturated heterocycles. The third-order valence-corrected chi connectivity index (χ3v) is 2.98. The molecule has 0 unspecified atom stereocenters.